The van der Waals surface area contributed by atoms with E-state index in [-0.39, 0.29) is 17.3 Å². The van der Waals surface area contributed by atoms with Crippen LogP contribution in [0, 0.1) is 5.41 Å². The minimum absolute atomic E-state index is 0.0127. The molecule has 12 heteroatoms. The maximum atomic E-state index is 12.5. The van der Waals surface area contributed by atoms with Gasteiger partial charge in [-0.2, -0.15) is 21.6 Å². The van der Waals surface area contributed by atoms with Crippen LogP contribution in [0.2, 0.25) is 5.02 Å². The second-order valence-corrected chi connectivity index (χ2v) is 5.80. The molecule has 0 bridgehead atoms. The molecule has 0 aliphatic rings. The first-order valence-corrected chi connectivity index (χ1v) is 7.59. The molecule has 0 unspecified atom stereocenters. The van der Waals surface area contributed by atoms with Crippen molar-refractivity contribution in [2.24, 2.45) is 0 Å². The lowest BCUT2D eigenvalue weighted by Gasteiger charge is -2.13. The zero-order valence-corrected chi connectivity index (χ0v) is 13.0. The van der Waals surface area contributed by atoms with Gasteiger partial charge in [0.25, 0.3) is 0 Å². The Balaban J connectivity index is 3.50. The first kappa shape index (κ1) is 19.0. The second kappa shape index (κ2) is 7.04. The molecule has 0 aliphatic heterocycles. The van der Waals surface area contributed by atoms with E-state index in [1.54, 1.807) is 0 Å². The Labute approximate surface area is 133 Å². The average Bonchev–Trinajstić information content (AvgIpc) is 2.84. The zero-order valence-electron chi connectivity index (χ0n) is 11.4. The van der Waals surface area contributed by atoms with Crippen molar-refractivity contribution >= 4 is 39.7 Å². The van der Waals surface area contributed by atoms with Crippen LogP contribution in [-0.4, -0.2) is 37.7 Å². The van der Waals surface area contributed by atoms with Crippen LogP contribution in [0.1, 0.15) is 12.6 Å². The number of aromatic amines is 1. The highest BCUT2D eigenvalue weighted by atomic mass is 35.5. The van der Waals surface area contributed by atoms with Crippen LogP contribution in [0.15, 0.2) is 17.8 Å². The quantitative estimate of drug-likeness (QED) is 0.198. The Kier molecular flexibility index (Phi) is 5.83. The van der Waals surface area contributed by atoms with E-state index in [1.165, 1.54) is 6.92 Å². The minimum atomic E-state index is -6.07. The van der Waals surface area contributed by atoms with E-state index in [2.05, 4.69) is 13.9 Å². The third-order valence-corrected chi connectivity index (χ3v) is 3.42. The fourth-order valence-electron chi connectivity index (χ4n) is 1.32. The minimum Gasteiger partial charge on any atom is -0.462 e. The number of carbonyl (C=O) groups is 1. The number of alkyl halides is 3. The van der Waals surface area contributed by atoms with Gasteiger partial charge in [-0.25, -0.2) is 4.79 Å². The highest BCUT2D eigenvalue weighted by Gasteiger charge is 2.49. The number of H-pyrrole nitrogens is 1. The Morgan fingerprint density at radius 3 is 2.48 bits per heavy atom. The van der Waals surface area contributed by atoms with Gasteiger partial charge in [-0.15, -0.1) is 0 Å². The van der Waals surface area contributed by atoms with Crippen molar-refractivity contribution in [3.8, 4) is 0 Å². The molecule has 0 atom stereocenters. The largest absolute Gasteiger partial charge is 0.534 e. The van der Waals surface area contributed by atoms with Gasteiger partial charge < -0.3 is 19.3 Å². The first-order chi connectivity index (χ1) is 10.5. The van der Waals surface area contributed by atoms with Gasteiger partial charge in [0.2, 0.25) is 0 Å². The van der Waals surface area contributed by atoms with E-state index in [4.69, 9.17) is 17.0 Å². The van der Waals surface area contributed by atoms with Crippen molar-refractivity contribution in [2.45, 2.75) is 12.4 Å². The van der Waals surface area contributed by atoms with Crippen molar-refractivity contribution in [1.29, 1.82) is 5.41 Å². The van der Waals surface area contributed by atoms with Gasteiger partial charge in [0.15, 0.2) is 5.76 Å². The highest BCUT2D eigenvalue weighted by molar-refractivity contribution is 7.87. The number of aromatic nitrogens is 1. The number of rotatable bonds is 6. The fourth-order valence-corrected chi connectivity index (χ4v) is 1.97. The van der Waals surface area contributed by atoms with Crippen molar-refractivity contribution < 1.29 is 35.3 Å². The van der Waals surface area contributed by atoms with Gasteiger partial charge >= 0.3 is 21.6 Å². The Morgan fingerprint density at radius 2 is 2.09 bits per heavy atom. The summed E-state index contributed by atoms with van der Waals surface area (Å²) in [5.41, 5.74) is -6.91. The van der Waals surface area contributed by atoms with Crippen molar-refractivity contribution in [3.63, 3.8) is 0 Å². The molecule has 0 radical (unpaired) electrons. The smallest absolute Gasteiger partial charge is 0.462 e. The van der Waals surface area contributed by atoms with Crippen LogP contribution in [0.5, 0.6) is 0 Å². The van der Waals surface area contributed by atoms with Crippen molar-refractivity contribution in [1.82, 2.24) is 4.98 Å². The molecule has 0 amide bonds. The van der Waals surface area contributed by atoms with E-state index in [0.717, 1.165) is 12.3 Å². The molecule has 1 aromatic heterocycles. The Bertz CT molecular complexity index is 739. The number of halogens is 4. The molecule has 1 aromatic rings. The van der Waals surface area contributed by atoms with Gasteiger partial charge in [0.1, 0.15) is 5.57 Å². The molecule has 0 saturated carbocycles. The van der Waals surface area contributed by atoms with Crippen LogP contribution in [0.25, 0.3) is 5.76 Å². The molecular formula is C11H10ClF3N2O5S. The van der Waals surface area contributed by atoms with E-state index >= 15 is 0 Å². The lowest BCUT2D eigenvalue weighted by molar-refractivity contribution is -0.137. The standard InChI is InChI=1S/C11H10ClF3N2O5S/c1-2-21-10(18)7(4-16)9(8-3-6(12)5-17-8)22-23(19,20)11(13,14)15/h3-5,16-17H,2H2,1H3/b9-7-,16-4?. The fraction of sp³-hybridized carbons (Fsp3) is 0.273. The number of hydrogen-bond acceptors (Lipinski definition) is 6. The normalized spacial score (nSPS) is 13.3. The molecule has 23 heavy (non-hydrogen) atoms. The summed E-state index contributed by atoms with van der Waals surface area (Å²) in [5.74, 6) is -2.29. The van der Waals surface area contributed by atoms with Crippen LogP contribution in [0.3, 0.4) is 0 Å². The van der Waals surface area contributed by atoms with E-state index in [1.807, 2.05) is 0 Å². The van der Waals surface area contributed by atoms with Crippen molar-refractivity contribution in [2.75, 3.05) is 6.61 Å². The predicted octanol–water partition coefficient (Wildman–Crippen LogP) is 2.46. The first-order valence-electron chi connectivity index (χ1n) is 5.80. The van der Waals surface area contributed by atoms with Gasteiger partial charge in [0, 0.05) is 12.4 Å². The van der Waals surface area contributed by atoms with Crippen LogP contribution in [-0.2, 0) is 23.8 Å². The van der Waals surface area contributed by atoms with Crippen LogP contribution >= 0.6 is 11.6 Å². The maximum Gasteiger partial charge on any atom is 0.534 e. The van der Waals surface area contributed by atoms with Gasteiger partial charge in [-0.1, -0.05) is 11.6 Å². The topological polar surface area (TPSA) is 109 Å². The molecule has 0 aliphatic carbocycles. The molecule has 0 aromatic carbocycles. The Hall–Kier alpha value is -2.01. The van der Waals surface area contributed by atoms with Gasteiger partial charge in [0.05, 0.1) is 17.3 Å². The van der Waals surface area contributed by atoms with Crippen LogP contribution in [0.4, 0.5) is 13.2 Å². The molecule has 0 fully saturated rings. The van der Waals surface area contributed by atoms with Gasteiger partial charge in [-0.3, -0.25) is 0 Å². The highest BCUT2D eigenvalue weighted by Crippen LogP contribution is 2.31. The molecule has 0 saturated heterocycles. The number of ether oxygens (including phenoxy) is 1. The van der Waals surface area contributed by atoms with Crippen LogP contribution < -0.4 is 0 Å². The Morgan fingerprint density at radius 1 is 1.48 bits per heavy atom. The third-order valence-electron chi connectivity index (χ3n) is 2.25. The lowest BCUT2D eigenvalue weighted by atomic mass is 10.2. The molecule has 2 N–H and O–H groups in total. The second-order valence-electron chi connectivity index (χ2n) is 3.82. The zero-order chi connectivity index (χ0) is 17.8. The summed E-state index contributed by atoms with van der Waals surface area (Å²) in [5, 5.41) is 7.15. The summed E-state index contributed by atoms with van der Waals surface area (Å²) >= 11 is 5.60. The van der Waals surface area contributed by atoms with E-state index in [9.17, 15) is 26.4 Å². The molecule has 7 nitrogen and oxygen atoms in total. The number of esters is 1. The number of hydrogen-bond donors (Lipinski definition) is 2. The molecular weight excluding hydrogens is 365 g/mol. The molecule has 128 valence electrons. The molecule has 1 heterocycles. The summed E-state index contributed by atoms with van der Waals surface area (Å²) in [4.78, 5) is 14.0. The lowest BCUT2D eigenvalue weighted by Crippen LogP contribution is -2.26. The van der Waals surface area contributed by atoms with E-state index < -0.39 is 32.9 Å². The molecule has 0 spiro atoms. The summed E-state index contributed by atoms with van der Waals surface area (Å²) < 4.78 is 68.4. The van der Waals surface area contributed by atoms with E-state index in [0.29, 0.717) is 6.21 Å². The summed E-state index contributed by atoms with van der Waals surface area (Å²) in [7, 11) is -6.07. The average molecular weight is 375 g/mol. The maximum absolute atomic E-state index is 12.5. The number of carbonyl (C=O) groups excluding carboxylic acids is 1. The predicted molar refractivity (Wildman–Crippen MR) is 74.2 cm³/mol. The molecule has 1 rings (SSSR count). The summed E-state index contributed by atoms with van der Waals surface area (Å²) in [6.07, 6.45) is 1.43. The van der Waals surface area contributed by atoms with Crippen molar-refractivity contribution in [3.05, 3.63) is 28.6 Å². The monoisotopic (exact) mass is 374 g/mol. The number of nitrogens with one attached hydrogen (secondary N) is 2. The summed E-state index contributed by atoms with van der Waals surface area (Å²) in [6.45, 7) is 1.26. The summed E-state index contributed by atoms with van der Waals surface area (Å²) in [6, 6.07) is 1.02. The third kappa shape index (κ3) is 4.48. The van der Waals surface area contributed by atoms with Gasteiger partial charge in [-0.05, 0) is 13.0 Å². The SMILES string of the molecule is CCOC(=O)/C(C=N)=C(\OS(=O)(=O)C(F)(F)F)c1cc(Cl)c[nH]1.